The maximum absolute atomic E-state index is 11.1. The summed E-state index contributed by atoms with van der Waals surface area (Å²) < 4.78 is 0. The smallest absolute Gasteiger partial charge is 0.322 e. The first kappa shape index (κ1) is 32.8. The predicted molar refractivity (Wildman–Crippen MR) is 135 cm³/mol. The summed E-state index contributed by atoms with van der Waals surface area (Å²) in [5.41, 5.74) is 11.3. The molecule has 0 radical (unpaired) electrons. The Labute approximate surface area is 213 Å². The lowest BCUT2D eigenvalue weighted by Gasteiger charge is -2.20. The summed E-state index contributed by atoms with van der Waals surface area (Å²) in [6.45, 7) is 0.537. The minimum Gasteiger partial charge on any atom is -0.508 e. The molecule has 200 valence electrons. The van der Waals surface area contributed by atoms with Crippen LogP contribution in [0, 0.1) is 11.3 Å². The van der Waals surface area contributed by atoms with Crippen molar-refractivity contribution in [2.45, 2.75) is 37.4 Å². The number of phenols is 1. The summed E-state index contributed by atoms with van der Waals surface area (Å²) in [5, 5.41) is 51.7. The Morgan fingerprint density at radius 3 is 2.17 bits per heavy atom. The molecule has 0 aliphatic carbocycles. The van der Waals surface area contributed by atoms with E-state index in [4.69, 9.17) is 31.9 Å². The molecule has 0 amide bonds. The monoisotopic (exact) mass is 526 g/mol. The van der Waals surface area contributed by atoms with Crippen molar-refractivity contribution in [1.29, 1.82) is 5.26 Å². The van der Waals surface area contributed by atoms with E-state index < -0.39 is 42.6 Å². The van der Waals surface area contributed by atoms with E-state index in [1.54, 1.807) is 42.1 Å². The highest BCUT2D eigenvalue weighted by Gasteiger charge is 2.30. The third-order valence-corrected chi connectivity index (χ3v) is 5.51. The molecule has 9 N–H and O–H groups in total. The summed E-state index contributed by atoms with van der Waals surface area (Å²) in [5.74, 6) is -1.94. The number of phenolic OH excluding ortho intramolecular Hbond substituents is 1. The van der Waals surface area contributed by atoms with Gasteiger partial charge in [-0.2, -0.15) is 17.0 Å². The van der Waals surface area contributed by atoms with Gasteiger partial charge < -0.3 is 37.0 Å². The van der Waals surface area contributed by atoms with Gasteiger partial charge in [-0.25, -0.2) is 0 Å². The van der Waals surface area contributed by atoms with E-state index in [1.807, 2.05) is 11.2 Å². The minimum absolute atomic E-state index is 0.172. The van der Waals surface area contributed by atoms with Crippen LogP contribution < -0.4 is 11.5 Å². The number of nitrogens with zero attached hydrogens (tertiary/aromatic N) is 2. The molecule has 1 saturated heterocycles. The van der Waals surface area contributed by atoms with E-state index >= 15 is 0 Å². The number of aliphatic hydroxyl groups is 1. The van der Waals surface area contributed by atoms with Gasteiger partial charge in [0, 0.05) is 12.1 Å². The average molecular weight is 527 g/mol. The number of nitriles is 1. The van der Waals surface area contributed by atoms with Crippen LogP contribution in [0.15, 0.2) is 29.8 Å². The van der Waals surface area contributed by atoms with Crippen molar-refractivity contribution >= 4 is 35.7 Å². The first-order valence-electron chi connectivity index (χ1n) is 10.9. The van der Waals surface area contributed by atoms with Crippen molar-refractivity contribution < 1.29 is 39.9 Å². The molecule has 0 saturated carbocycles. The van der Waals surface area contributed by atoms with Gasteiger partial charge in [0.25, 0.3) is 0 Å². The number of carboxylic acid groups (broad SMARTS) is 3. The predicted octanol–water partition coefficient (Wildman–Crippen LogP) is 0.390. The fourth-order valence-corrected chi connectivity index (χ4v) is 3.33. The molecular formula is C23H34N4O8S. The number of rotatable bonds is 10. The van der Waals surface area contributed by atoms with Crippen molar-refractivity contribution in [3.8, 4) is 11.8 Å². The number of carboxylic acids is 3. The standard InChI is InChI=1S/C15H16N2O3.C5H11NO2S.C3H7NO3/c16-9-12(8-11-3-5-13(18)6-4-11)10-17-7-1-2-14(17)15(19)20;1-9-3-2-4(6)5(7)8;4-2(1-5)3(6)7/h3-6,8,14,18H,1-2,7,10H2,(H,19,20);4H,2-3,6H2,1H3,(H,7,8);2,5H,1,4H2,(H,6,7)/t14-;4-;2-/m000/s1. The van der Waals surface area contributed by atoms with Crippen LogP contribution in [0.5, 0.6) is 5.75 Å². The molecule has 13 heteroatoms. The second-order valence-corrected chi connectivity index (χ2v) is 8.68. The van der Waals surface area contributed by atoms with E-state index in [-0.39, 0.29) is 5.75 Å². The number of thioether (sulfide) groups is 1. The van der Waals surface area contributed by atoms with Crippen molar-refractivity contribution in [3.05, 3.63) is 35.4 Å². The van der Waals surface area contributed by atoms with Crippen LogP contribution in [0.3, 0.4) is 0 Å². The van der Waals surface area contributed by atoms with E-state index in [1.165, 1.54) is 0 Å². The number of nitrogens with two attached hydrogens (primary N) is 2. The second-order valence-electron chi connectivity index (χ2n) is 7.69. The molecule has 1 aromatic carbocycles. The fraction of sp³-hybridized carbons (Fsp3) is 0.478. The van der Waals surface area contributed by atoms with Gasteiger partial charge in [-0.05, 0) is 61.6 Å². The normalized spacial score (nSPS) is 16.9. The molecule has 0 spiro atoms. The van der Waals surface area contributed by atoms with E-state index in [9.17, 15) is 24.8 Å². The molecule has 12 nitrogen and oxygen atoms in total. The van der Waals surface area contributed by atoms with Gasteiger partial charge in [0.2, 0.25) is 0 Å². The first-order chi connectivity index (χ1) is 17.0. The van der Waals surface area contributed by atoms with Crippen molar-refractivity contribution in [1.82, 2.24) is 4.90 Å². The zero-order valence-electron chi connectivity index (χ0n) is 20.0. The number of aromatic hydroxyl groups is 1. The summed E-state index contributed by atoms with van der Waals surface area (Å²) >= 11 is 1.60. The third kappa shape index (κ3) is 13.7. The van der Waals surface area contributed by atoms with Crippen LogP contribution in [-0.2, 0) is 14.4 Å². The van der Waals surface area contributed by atoms with Gasteiger partial charge in [-0.1, -0.05) is 12.1 Å². The molecule has 1 aromatic rings. The number of carbonyl (C=O) groups is 3. The molecule has 0 aromatic heterocycles. The quantitative estimate of drug-likeness (QED) is 0.205. The molecule has 0 unspecified atom stereocenters. The number of aliphatic carboxylic acids is 3. The lowest BCUT2D eigenvalue weighted by Crippen LogP contribution is -2.37. The number of benzene rings is 1. The number of aliphatic hydroxyl groups excluding tert-OH is 1. The van der Waals surface area contributed by atoms with Gasteiger partial charge >= 0.3 is 17.9 Å². The molecule has 1 heterocycles. The summed E-state index contributed by atoms with van der Waals surface area (Å²) in [6, 6.07) is 6.35. The van der Waals surface area contributed by atoms with E-state index in [0.717, 1.165) is 17.7 Å². The van der Waals surface area contributed by atoms with Crippen molar-refractivity contribution in [2.24, 2.45) is 11.5 Å². The summed E-state index contributed by atoms with van der Waals surface area (Å²) in [4.78, 5) is 32.6. The Morgan fingerprint density at radius 1 is 1.17 bits per heavy atom. The van der Waals surface area contributed by atoms with Gasteiger partial charge in [0.05, 0.1) is 12.7 Å². The van der Waals surface area contributed by atoms with Gasteiger partial charge in [-0.15, -0.1) is 0 Å². The fourth-order valence-electron chi connectivity index (χ4n) is 2.85. The van der Waals surface area contributed by atoms with Crippen LogP contribution in [0.4, 0.5) is 0 Å². The molecule has 0 bridgehead atoms. The summed E-state index contributed by atoms with van der Waals surface area (Å²) in [7, 11) is 0. The summed E-state index contributed by atoms with van der Waals surface area (Å²) in [6.07, 6.45) is 5.67. The largest absolute Gasteiger partial charge is 0.508 e. The molecule has 1 aliphatic heterocycles. The zero-order valence-corrected chi connectivity index (χ0v) is 20.8. The van der Waals surface area contributed by atoms with Gasteiger partial charge in [0.15, 0.2) is 0 Å². The molecule has 2 rings (SSSR count). The van der Waals surface area contributed by atoms with Crippen molar-refractivity contribution in [3.63, 3.8) is 0 Å². The van der Waals surface area contributed by atoms with Gasteiger partial charge in [0.1, 0.15) is 23.9 Å². The second kappa shape index (κ2) is 18.2. The molecule has 36 heavy (non-hydrogen) atoms. The maximum atomic E-state index is 11.1. The van der Waals surface area contributed by atoms with Crippen LogP contribution in [0.1, 0.15) is 24.8 Å². The Hall–Kier alpha value is -3.15. The molecule has 1 fully saturated rings. The zero-order chi connectivity index (χ0) is 27.7. The Kier molecular flexibility index (Phi) is 16.6. The SMILES string of the molecule is CSCC[C@H](N)C(=O)O.N#CC(=Cc1ccc(O)cc1)CN1CCC[C@H]1C(=O)O.N[C@@H](CO)C(=O)O. The molecule has 1 aliphatic rings. The molecule has 3 atom stereocenters. The molecular weight excluding hydrogens is 492 g/mol. The van der Waals surface area contributed by atoms with Crippen LogP contribution >= 0.6 is 11.8 Å². The topological polar surface area (TPSA) is 231 Å². The van der Waals surface area contributed by atoms with E-state index in [0.29, 0.717) is 31.5 Å². The number of likely N-dealkylation sites (tertiary alicyclic amines) is 1. The first-order valence-corrected chi connectivity index (χ1v) is 12.3. The van der Waals surface area contributed by atoms with E-state index in [2.05, 4.69) is 6.07 Å². The number of hydrogen-bond donors (Lipinski definition) is 7. The van der Waals surface area contributed by atoms with Gasteiger partial charge in [-0.3, -0.25) is 19.3 Å². The Morgan fingerprint density at radius 2 is 1.75 bits per heavy atom. The Bertz CT molecular complexity index is 904. The van der Waals surface area contributed by atoms with Crippen LogP contribution in [-0.4, -0.2) is 98.2 Å². The maximum Gasteiger partial charge on any atom is 0.322 e. The van der Waals surface area contributed by atoms with Crippen molar-refractivity contribution in [2.75, 3.05) is 31.7 Å². The average Bonchev–Trinajstić information content (AvgIpc) is 3.32. The lowest BCUT2D eigenvalue weighted by molar-refractivity contribution is -0.142. The van der Waals surface area contributed by atoms with Crippen LogP contribution in [0.2, 0.25) is 0 Å². The highest BCUT2D eigenvalue weighted by Crippen LogP contribution is 2.20. The third-order valence-electron chi connectivity index (χ3n) is 4.86. The highest BCUT2D eigenvalue weighted by molar-refractivity contribution is 7.98. The lowest BCUT2D eigenvalue weighted by atomic mass is 10.1. The van der Waals surface area contributed by atoms with Crippen LogP contribution in [0.25, 0.3) is 6.08 Å². The highest BCUT2D eigenvalue weighted by atomic mass is 32.2. The Balaban J connectivity index is 0.000000635. The number of hydrogen-bond acceptors (Lipinski definition) is 10. The minimum atomic E-state index is -1.18.